The molecule has 0 aliphatic rings. The number of ketones is 1. The van der Waals surface area contributed by atoms with Crippen molar-refractivity contribution >= 4 is 23.6 Å². The number of rotatable bonds is 5. The van der Waals surface area contributed by atoms with Crippen molar-refractivity contribution in [3.63, 3.8) is 0 Å². The fourth-order valence-corrected chi connectivity index (χ4v) is 2.47. The summed E-state index contributed by atoms with van der Waals surface area (Å²) >= 11 is 0. The third-order valence-electron chi connectivity index (χ3n) is 3.87. The van der Waals surface area contributed by atoms with Crippen LogP contribution in [0.25, 0.3) is 12.2 Å². The van der Waals surface area contributed by atoms with E-state index in [1.54, 1.807) is 42.5 Å². The van der Waals surface area contributed by atoms with Gasteiger partial charge in [-0.3, -0.25) is 14.9 Å². The van der Waals surface area contributed by atoms with E-state index < -0.39 is 4.92 Å². The number of nitro groups is 1. The molecule has 0 aliphatic heterocycles. The molecule has 0 spiro atoms. The molecular weight excluding hydrogens is 330 g/mol. The smallest absolute Gasteiger partial charge is 0.269 e. The second-order valence-corrected chi connectivity index (χ2v) is 5.63. The van der Waals surface area contributed by atoms with E-state index in [2.05, 4.69) is 0 Å². The van der Waals surface area contributed by atoms with Crippen LogP contribution in [-0.2, 0) is 0 Å². The second-order valence-electron chi connectivity index (χ2n) is 5.63. The summed E-state index contributed by atoms with van der Waals surface area (Å²) in [4.78, 5) is 22.6. The number of carbonyl (C=O) groups is 1. The molecule has 0 N–H and O–H groups in total. The Bertz CT molecular complexity index is 977. The van der Waals surface area contributed by atoms with Crippen LogP contribution in [0, 0.1) is 10.1 Å². The van der Waals surface area contributed by atoms with Crippen molar-refractivity contribution in [1.82, 2.24) is 0 Å². The summed E-state index contributed by atoms with van der Waals surface area (Å²) in [5.74, 6) is -0.357. The van der Waals surface area contributed by atoms with Gasteiger partial charge in [-0.2, -0.15) is 0 Å². The van der Waals surface area contributed by atoms with Gasteiger partial charge in [0.05, 0.1) is 4.92 Å². The van der Waals surface area contributed by atoms with Gasteiger partial charge in [-0.25, -0.2) is 0 Å². The first-order chi connectivity index (χ1) is 12.5. The van der Waals surface area contributed by atoms with Crippen LogP contribution in [0.5, 0.6) is 5.75 Å². The second kappa shape index (κ2) is 7.44. The van der Waals surface area contributed by atoms with E-state index in [1.807, 2.05) is 18.2 Å². The Balaban J connectivity index is 1.80. The highest BCUT2D eigenvalue weighted by Gasteiger charge is 2.08. The fraction of sp³-hybridized carbons (Fsp3) is 0. The molecule has 3 aromatic rings. The Morgan fingerprint density at radius 3 is 2.15 bits per heavy atom. The first kappa shape index (κ1) is 17.1. The van der Waals surface area contributed by atoms with Gasteiger partial charge in [-0.1, -0.05) is 72.8 Å². The van der Waals surface area contributed by atoms with Gasteiger partial charge in [0.25, 0.3) is 5.69 Å². The van der Waals surface area contributed by atoms with E-state index in [1.165, 1.54) is 24.3 Å². The average molecular weight is 344 g/mol. The molecule has 0 aliphatic carbocycles. The van der Waals surface area contributed by atoms with Crippen LogP contribution in [0.4, 0.5) is 5.69 Å². The number of benzene rings is 3. The zero-order chi connectivity index (χ0) is 18.5. The Morgan fingerprint density at radius 1 is 0.846 bits per heavy atom. The van der Waals surface area contributed by atoms with Crippen LogP contribution in [0.3, 0.4) is 0 Å². The zero-order valence-electron chi connectivity index (χ0n) is 13.7. The first-order valence-corrected chi connectivity index (χ1v) is 7.88. The molecule has 0 radical (unpaired) electrons. The van der Waals surface area contributed by atoms with Crippen LogP contribution in [0.15, 0.2) is 72.8 Å². The zero-order valence-corrected chi connectivity index (χ0v) is 13.7. The van der Waals surface area contributed by atoms with Crippen molar-refractivity contribution in [1.29, 1.82) is 0 Å². The van der Waals surface area contributed by atoms with Crippen molar-refractivity contribution in [2.45, 2.75) is 0 Å². The maximum absolute atomic E-state index is 12.4. The Kier molecular flexibility index (Phi) is 4.90. The normalized spacial score (nSPS) is 10.8. The lowest BCUT2D eigenvalue weighted by Crippen LogP contribution is -2.00. The molecule has 0 saturated carbocycles. The minimum absolute atomic E-state index is 0.0679. The molecule has 0 fully saturated rings. The van der Waals surface area contributed by atoms with Gasteiger partial charge in [0.15, 0.2) is 5.78 Å². The van der Waals surface area contributed by atoms with Gasteiger partial charge in [-0.15, -0.1) is 5.75 Å². The van der Waals surface area contributed by atoms with Crippen LogP contribution in [0.2, 0.25) is 0 Å². The minimum atomic E-state index is -0.541. The highest BCUT2D eigenvalue weighted by molar-refractivity contribution is 6.09. The van der Waals surface area contributed by atoms with Crippen LogP contribution < -0.4 is 5.11 Å². The highest BCUT2D eigenvalue weighted by Crippen LogP contribution is 2.23. The number of nitrogens with zero attached hydrogens (tertiary/aromatic N) is 1. The van der Waals surface area contributed by atoms with Crippen LogP contribution >= 0.6 is 0 Å². The van der Waals surface area contributed by atoms with E-state index in [4.69, 9.17) is 0 Å². The highest BCUT2D eigenvalue weighted by atomic mass is 16.6. The monoisotopic (exact) mass is 344 g/mol. The predicted molar refractivity (Wildman–Crippen MR) is 97.8 cm³/mol. The standard InChI is InChI=1S/C21H15NO4/c23-20-13-12-19(22(25)26)14-18(20)11-8-15-6-9-17(10-7-15)21(24)16-4-2-1-3-5-16/h1-14,23H/p-1. The lowest BCUT2D eigenvalue weighted by molar-refractivity contribution is -0.385. The third kappa shape index (κ3) is 3.84. The molecule has 0 atom stereocenters. The maximum Gasteiger partial charge on any atom is 0.269 e. The molecule has 3 aromatic carbocycles. The van der Waals surface area contributed by atoms with Gasteiger partial charge in [0.2, 0.25) is 0 Å². The van der Waals surface area contributed by atoms with Crippen molar-refractivity contribution in [2.75, 3.05) is 0 Å². The molecule has 128 valence electrons. The summed E-state index contributed by atoms with van der Waals surface area (Å²) in [6.07, 6.45) is 3.21. The van der Waals surface area contributed by atoms with E-state index in [0.717, 1.165) is 5.56 Å². The summed E-state index contributed by atoms with van der Waals surface area (Å²) in [6.45, 7) is 0. The van der Waals surface area contributed by atoms with Crippen LogP contribution in [-0.4, -0.2) is 10.7 Å². The van der Waals surface area contributed by atoms with Crippen LogP contribution in [0.1, 0.15) is 27.0 Å². The van der Waals surface area contributed by atoms with Crippen molar-refractivity contribution in [3.8, 4) is 5.75 Å². The largest absolute Gasteiger partial charge is 0.872 e. The minimum Gasteiger partial charge on any atom is -0.872 e. The number of nitro benzene ring substituents is 1. The van der Waals surface area contributed by atoms with Gasteiger partial charge in [0.1, 0.15) is 0 Å². The quantitative estimate of drug-likeness (QED) is 0.302. The molecule has 5 nitrogen and oxygen atoms in total. The molecular formula is C21H14NO4-. The van der Waals surface area contributed by atoms with E-state index >= 15 is 0 Å². The Morgan fingerprint density at radius 2 is 1.50 bits per heavy atom. The topological polar surface area (TPSA) is 83.3 Å². The van der Waals surface area contributed by atoms with E-state index in [0.29, 0.717) is 11.1 Å². The Hall–Kier alpha value is -3.73. The molecule has 0 saturated heterocycles. The number of carbonyl (C=O) groups excluding carboxylic acids is 1. The molecule has 0 unspecified atom stereocenters. The SMILES string of the molecule is O=C(c1ccccc1)c1ccc(C=Cc2cc([N+](=O)[O-])ccc2[O-])cc1. The van der Waals surface area contributed by atoms with Crippen molar-refractivity contribution in [2.24, 2.45) is 0 Å². The summed E-state index contributed by atoms with van der Waals surface area (Å²) < 4.78 is 0. The molecule has 26 heavy (non-hydrogen) atoms. The van der Waals surface area contributed by atoms with Gasteiger partial charge in [-0.05, 0) is 11.1 Å². The molecule has 0 aromatic heterocycles. The lowest BCUT2D eigenvalue weighted by Gasteiger charge is -2.09. The summed E-state index contributed by atoms with van der Waals surface area (Å²) in [5, 5.41) is 22.6. The first-order valence-electron chi connectivity index (χ1n) is 7.88. The van der Waals surface area contributed by atoms with Crippen molar-refractivity contribution in [3.05, 3.63) is 105 Å². The van der Waals surface area contributed by atoms with E-state index in [9.17, 15) is 20.0 Å². The maximum atomic E-state index is 12.4. The molecule has 5 heteroatoms. The number of hydrogen-bond donors (Lipinski definition) is 0. The molecule has 0 heterocycles. The van der Waals surface area contributed by atoms with Gasteiger partial charge in [0, 0.05) is 23.3 Å². The summed E-state index contributed by atoms with van der Waals surface area (Å²) in [6, 6.07) is 19.5. The summed E-state index contributed by atoms with van der Waals surface area (Å²) in [7, 11) is 0. The molecule has 3 rings (SSSR count). The Labute approximate surface area is 150 Å². The number of hydrogen-bond acceptors (Lipinski definition) is 4. The van der Waals surface area contributed by atoms with Gasteiger partial charge >= 0.3 is 0 Å². The van der Waals surface area contributed by atoms with E-state index in [-0.39, 0.29) is 22.8 Å². The predicted octanol–water partition coefficient (Wildman–Crippen LogP) is 4.07. The molecule has 0 amide bonds. The molecule has 0 bridgehead atoms. The fourth-order valence-electron chi connectivity index (χ4n) is 2.47. The number of non-ortho nitro benzene ring substituents is 1. The summed E-state index contributed by atoms with van der Waals surface area (Å²) in [5.41, 5.74) is 2.06. The van der Waals surface area contributed by atoms with Gasteiger partial charge < -0.3 is 5.11 Å². The van der Waals surface area contributed by atoms with Crippen molar-refractivity contribution < 1.29 is 14.8 Å². The third-order valence-corrected chi connectivity index (χ3v) is 3.87. The average Bonchev–Trinajstić information content (AvgIpc) is 2.67. The lowest BCUT2D eigenvalue weighted by atomic mass is 10.0.